The summed E-state index contributed by atoms with van der Waals surface area (Å²) in [5.74, 6) is 0. The standard InChI is InChI=1S/C21H25N3O2S/c1-3-26-21(25)24-12-10-23(11-13-24)20(18-9-6-14-27-18)19-15(2)22-17-8-5-4-7-16(17)19/h4-9,14,20,22H,3,10-13H2,1-2H3/t20-/m0/s1. The van der Waals surface area contributed by atoms with E-state index in [4.69, 9.17) is 4.74 Å². The van der Waals surface area contributed by atoms with E-state index in [2.05, 4.69) is 58.6 Å². The fraction of sp³-hybridized carbons (Fsp3) is 0.381. The Morgan fingerprint density at radius 1 is 1.19 bits per heavy atom. The Morgan fingerprint density at radius 2 is 1.96 bits per heavy atom. The first kappa shape index (κ1) is 18.1. The molecular weight excluding hydrogens is 358 g/mol. The highest BCUT2D eigenvalue weighted by atomic mass is 32.1. The molecule has 2 aromatic heterocycles. The van der Waals surface area contributed by atoms with Crippen LogP contribution in [-0.4, -0.2) is 53.7 Å². The number of aromatic amines is 1. The second-order valence-electron chi connectivity index (χ2n) is 6.85. The van der Waals surface area contributed by atoms with E-state index in [-0.39, 0.29) is 12.1 Å². The van der Waals surface area contributed by atoms with Gasteiger partial charge in [0.2, 0.25) is 0 Å². The zero-order valence-electron chi connectivity index (χ0n) is 15.8. The summed E-state index contributed by atoms with van der Waals surface area (Å²) in [6.45, 7) is 7.49. The summed E-state index contributed by atoms with van der Waals surface area (Å²) in [7, 11) is 0. The van der Waals surface area contributed by atoms with Crippen LogP contribution in [0.3, 0.4) is 0 Å². The van der Waals surface area contributed by atoms with E-state index in [1.807, 2.05) is 11.8 Å². The van der Waals surface area contributed by atoms with Crippen LogP contribution in [0.15, 0.2) is 41.8 Å². The molecule has 0 aliphatic carbocycles. The van der Waals surface area contributed by atoms with Crippen LogP contribution in [0, 0.1) is 6.92 Å². The molecule has 0 unspecified atom stereocenters. The number of carbonyl (C=O) groups excluding carboxylic acids is 1. The van der Waals surface area contributed by atoms with Crippen LogP contribution < -0.4 is 0 Å². The first-order valence-electron chi connectivity index (χ1n) is 9.45. The SMILES string of the molecule is CCOC(=O)N1CCN([C@@H](c2cccs2)c2c(C)[nH]c3ccccc23)CC1. The lowest BCUT2D eigenvalue weighted by atomic mass is 9.99. The van der Waals surface area contributed by atoms with Gasteiger partial charge in [0.1, 0.15) is 0 Å². The number of aromatic nitrogens is 1. The van der Waals surface area contributed by atoms with E-state index >= 15 is 0 Å². The van der Waals surface area contributed by atoms with E-state index in [0.29, 0.717) is 19.7 Å². The molecular formula is C21H25N3O2S. The fourth-order valence-corrected chi connectivity index (χ4v) is 4.85. The number of aryl methyl sites for hydroxylation is 1. The third kappa shape index (κ3) is 3.47. The van der Waals surface area contributed by atoms with E-state index in [9.17, 15) is 4.79 Å². The number of carbonyl (C=O) groups is 1. The minimum atomic E-state index is -0.201. The maximum Gasteiger partial charge on any atom is 0.409 e. The van der Waals surface area contributed by atoms with Crippen LogP contribution in [-0.2, 0) is 4.74 Å². The molecule has 1 aromatic carbocycles. The van der Waals surface area contributed by atoms with E-state index in [0.717, 1.165) is 13.1 Å². The summed E-state index contributed by atoms with van der Waals surface area (Å²) < 4.78 is 5.16. The van der Waals surface area contributed by atoms with Gasteiger partial charge in [-0.05, 0) is 31.4 Å². The van der Waals surface area contributed by atoms with Crippen molar-refractivity contribution in [3.8, 4) is 0 Å². The number of benzene rings is 1. The van der Waals surface area contributed by atoms with Crippen LogP contribution in [0.5, 0.6) is 0 Å². The monoisotopic (exact) mass is 383 g/mol. The van der Waals surface area contributed by atoms with Gasteiger partial charge in [-0.15, -0.1) is 11.3 Å². The van der Waals surface area contributed by atoms with Crippen LogP contribution in [0.4, 0.5) is 4.79 Å². The molecule has 3 heterocycles. The summed E-state index contributed by atoms with van der Waals surface area (Å²) >= 11 is 1.79. The van der Waals surface area contributed by atoms with E-state index in [1.54, 1.807) is 11.3 Å². The lowest BCUT2D eigenvalue weighted by Gasteiger charge is -2.38. The number of fused-ring (bicyclic) bond motifs is 1. The van der Waals surface area contributed by atoms with Gasteiger partial charge in [-0.1, -0.05) is 24.3 Å². The number of para-hydroxylation sites is 1. The average molecular weight is 384 g/mol. The van der Waals surface area contributed by atoms with Crippen molar-refractivity contribution in [3.05, 3.63) is 57.9 Å². The van der Waals surface area contributed by atoms with Crippen molar-refractivity contribution in [2.75, 3.05) is 32.8 Å². The van der Waals surface area contributed by atoms with Gasteiger partial charge in [-0.3, -0.25) is 4.90 Å². The Morgan fingerprint density at radius 3 is 2.67 bits per heavy atom. The molecule has 0 bridgehead atoms. The maximum atomic E-state index is 12.0. The molecule has 5 nitrogen and oxygen atoms in total. The predicted octanol–water partition coefficient (Wildman–Crippen LogP) is 4.40. The minimum absolute atomic E-state index is 0.200. The molecule has 1 N–H and O–H groups in total. The second-order valence-corrected chi connectivity index (χ2v) is 7.83. The highest BCUT2D eigenvalue weighted by molar-refractivity contribution is 7.10. The zero-order chi connectivity index (χ0) is 18.8. The molecule has 1 atom stereocenters. The van der Waals surface area contributed by atoms with Crippen LogP contribution in [0.2, 0.25) is 0 Å². The first-order valence-corrected chi connectivity index (χ1v) is 10.3. The number of amides is 1. The predicted molar refractivity (Wildman–Crippen MR) is 109 cm³/mol. The smallest absolute Gasteiger partial charge is 0.409 e. The third-order valence-corrected chi connectivity index (χ3v) is 6.16. The van der Waals surface area contributed by atoms with E-state index in [1.165, 1.54) is 27.0 Å². The van der Waals surface area contributed by atoms with Crippen molar-refractivity contribution in [1.82, 2.24) is 14.8 Å². The number of hydrogen-bond donors (Lipinski definition) is 1. The van der Waals surface area contributed by atoms with Gasteiger partial charge >= 0.3 is 6.09 Å². The van der Waals surface area contributed by atoms with Crippen molar-refractivity contribution in [1.29, 1.82) is 0 Å². The highest BCUT2D eigenvalue weighted by Gasteiger charge is 2.31. The number of nitrogens with one attached hydrogen (secondary N) is 1. The van der Waals surface area contributed by atoms with Crippen LogP contribution >= 0.6 is 11.3 Å². The molecule has 0 radical (unpaired) electrons. The lowest BCUT2D eigenvalue weighted by molar-refractivity contribution is 0.0720. The molecule has 27 heavy (non-hydrogen) atoms. The molecule has 4 rings (SSSR count). The Bertz CT molecular complexity index is 911. The number of ether oxygens (including phenoxy) is 1. The summed E-state index contributed by atoms with van der Waals surface area (Å²) in [6, 6.07) is 13.0. The van der Waals surface area contributed by atoms with Crippen LogP contribution in [0.1, 0.15) is 29.1 Å². The molecule has 1 fully saturated rings. The van der Waals surface area contributed by atoms with Gasteiger partial charge < -0.3 is 14.6 Å². The Hall–Kier alpha value is -2.31. The number of thiophene rings is 1. The number of H-pyrrole nitrogens is 1. The largest absolute Gasteiger partial charge is 0.450 e. The third-order valence-electron chi connectivity index (χ3n) is 5.23. The Balaban J connectivity index is 1.66. The van der Waals surface area contributed by atoms with Crippen molar-refractivity contribution < 1.29 is 9.53 Å². The molecule has 142 valence electrons. The Labute approximate surface area is 163 Å². The molecule has 1 saturated heterocycles. The van der Waals surface area contributed by atoms with Crippen molar-refractivity contribution in [3.63, 3.8) is 0 Å². The highest BCUT2D eigenvalue weighted by Crippen LogP contribution is 2.38. The summed E-state index contributed by atoms with van der Waals surface area (Å²) in [5.41, 5.74) is 3.73. The summed E-state index contributed by atoms with van der Waals surface area (Å²) in [6.07, 6.45) is -0.201. The average Bonchev–Trinajstić information content (AvgIpc) is 3.32. The number of rotatable bonds is 4. The molecule has 0 spiro atoms. The van der Waals surface area contributed by atoms with Gasteiger partial charge in [0, 0.05) is 53.2 Å². The minimum Gasteiger partial charge on any atom is -0.450 e. The first-order chi connectivity index (χ1) is 13.2. The van der Waals surface area contributed by atoms with Crippen LogP contribution in [0.25, 0.3) is 10.9 Å². The van der Waals surface area contributed by atoms with Gasteiger partial charge in [0.15, 0.2) is 0 Å². The number of hydrogen-bond acceptors (Lipinski definition) is 4. The molecule has 0 saturated carbocycles. The zero-order valence-corrected chi connectivity index (χ0v) is 16.6. The fourth-order valence-electron chi connectivity index (χ4n) is 3.98. The topological polar surface area (TPSA) is 48.6 Å². The number of piperazine rings is 1. The van der Waals surface area contributed by atoms with Crippen molar-refractivity contribution in [2.45, 2.75) is 19.9 Å². The van der Waals surface area contributed by atoms with Gasteiger partial charge in [0.05, 0.1) is 12.6 Å². The molecule has 1 aliphatic heterocycles. The lowest BCUT2D eigenvalue weighted by Crippen LogP contribution is -2.50. The Kier molecular flexibility index (Phi) is 5.18. The van der Waals surface area contributed by atoms with E-state index < -0.39 is 0 Å². The maximum absolute atomic E-state index is 12.0. The quantitative estimate of drug-likeness (QED) is 0.726. The normalized spacial score (nSPS) is 16.6. The van der Waals surface area contributed by atoms with Gasteiger partial charge in [-0.25, -0.2) is 4.79 Å². The van der Waals surface area contributed by atoms with Gasteiger partial charge in [-0.2, -0.15) is 0 Å². The van der Waals surface area contributed by atoms with Gasteiger partial charge in [0.25, 0.3) is 0 Å². The van der Waals surface area contributed by atoms with Crippen molar-refractivity contribution in [2.24, 2.45) is 0 Å². The summed E-state index contributed by atoms with van der Waals surface area (Å²) in [4.78, 5) is 21.2. The molecule has 1 aliphatic rings. The molecule has 1 amide bonds. The second kappa shape index (κ2) is 7.74. The summed E-state index contributed by atoms with van der Waals surface area (Å²) in [5, 5.41) is 3.42. The molecule has 3 aromatic rings. The number of nitrogens with zero attached hydrogens (tertiary/aromatic N) is 2. The molecule has 6 heteroatoms. The van der Waals surface area contributed by atoms with Crippen molar-refractivity contribution >= 4 is 28.3 Å².